The van der Waals surface area contributed by atoms with Crippen LogP contribution in [-0.4, -0.2) is 54.4 Å². The van der Waals surface area contributed by atoms with Crippen molar-refractivity contribution < 1.29 is 14.6 Å². The van der Waals surface area contributed by atoms with Crippen molar-refractivity contribution in [2.24, 2.45) is 5.92 Å². The van der Waals surface area contributed by atoms with Crippen LogP contribution in [0.4, 0.5) is 5.69 Å². The SMILES string of the molecule is O=C(O)C1(Nc2cccc(Cl)c2)CCC2(CC1)c1ccccc1CC2CCCN1CCOCC1. The van der Waals surface area contributed by atoms with Gasteiger partial charge in [-0.25, -0.2) is 4.79 Å². The van der Waals surface area contributed by atoms with Crippen molar-refractivity contribution in [2.45, 2.75) is 55.9 Å². The molecule has 1 atom stereocenters. The number of nitrogens with zero attached hydrogens (tertiary/aromatic N) is 1. The smallest absolute Gasteiger partial charge is 0.329 e. The summed E-state index contributed by atoms with van der Waals surface area (Å²) in [6, 6.07) is 16.3. The first-order valence-corrected chi connectivity index (χ1v) is 13.0. The molecule has 1 spiro atoms. The zero-order valence-corrected chi connectivity index (χ0v) is 20.5. The fourth-order valence-electron chi connectivity index (χ4n) is 6.66. The molecule has 2 N–H and O–H groups in total. The number of morpholine rings is 1. The van der Waals surface area contributed by atoms with E-state index in [0.717, 1.165) is 57.8 Å². The van der Waals surface area contributed by atoms with Crippen LogP contribution in [0.3, 0.4) is 0 Å². The number of fused-ring (bicyclic) bond motifs is 2. The summed E-state index contributed by atoms with van der Waals surface area (Å²) in [4.78, 5) is 15.0. The van der Waals surface area contributed by atoms with Crippen molar-refractivity contribution in [3.05, 3.63) is 64.7 Å². The largest absolute Gasteiger partial charge is 0.480 e. The molecule has 1 heterocycles. The number of halogens is 1. The monoisotopic (exact) mass is 482 g/mol. The summed E-state index contributed by atoms with van der Waals surface area (Å²) < 4.78 is 5.50. The molecule has 6 heteroatoms. The Labute approximate surface area is 207 Å². The van der Waals surface area contributed by atoms with E-state index in [0.29, 0.717) is 23.8 Å². The molecule has 3 aliphatic rings. The van der Waals surface area contributed by atoms with Gasteiger partial charge >= 0.3 is 5.97 Å². The van der Waals surface area contributed by atoms with Gasteiger partial charge in [-0.05, 0) is 92.1 Å². The van der Waals surface area contributed by atoms with Crippen molar-refractivity contribution >= 4 is 23.3 Å². The molecular formula is C28H35ClN2O3. The van der Waals surface area contributed by atoms with E-state index in [1.165, 1.54) is 24.0 Å². The highest BCUT2D eigenvalue weighted by molar-refractivity contribution is 6.30. The van der Waals surface area contributed by atoms with E-state index in [1.807, 2.05) is 24.3 Å². The predicted molar refractivity (Wildman–Crippen MR) is 136 cm³/mol. The number of carboxylic acids is 1. The molecule has 0 aromatic heterocycles. The van der Waals surface area contributed by atoms with E-state index in [-0.39, 0.29) is 5.41 Å². The van der Waals surface area contributed by atoms with Crippen molar-refractivity contribution in [3.63, 3.8) is 0 Å². The minimum Gasteiger partial charge on any atom is -0.480 e. The van der Waals surface area contributed by atoms with Crippen LogP contribution in [0.25, 0.3) is 0 Å². The number of rotatable bonds is 7. The standard InChI is InChI=1S/C28H35ClN2O3/c29-23-7-3-8-24(20-23)30-28(26(32)33)12-10-27(11-13-28)22(19-21-5-1-2-9-25(21)27)6-4-14-31-15-17-34-18-16-31/h1-3,5,7-9,20,22,30H,4,6,10-19H2,(H,32,33). The highest BCUT2D eigenvalue weighted by Crippen LogP contribution is 2.55. The first-order chi connectivity index (χ1) is 16.5. The number of nitrogens with one attached hydrogen (secondary N) is 1. The predicted octanol–water partition coefficient (Wildman–Crippen LogP) is 5.37. The van der Waals surface area contributed by atoms with Crippen LogP contribution in [-0.2, 0) is 21.4 Å². The average molecular weight is 483 g/mol. The molecule has 2 aromatic rings. The molecule has 0 radical (unpaired) electrons. The number of hydrogen-bond donors (Lipinski definition) is 2. The van der Waals surface area contributed by atoms with E-state index in [1.54, 1.807) is 0 Å². The number of anilines is 1. The molecule has 2 aromatic carbocycles. The number of aliphatic carboxylic acids is 1. The van der Waals surface area contributed by atoms with Crippen LogP contribution in [0.15, 0.2) is 48.5 Å². The van der Waals surface area contributed by atoms with E-state index < -0.39 is 11.5 Å². The number of ether oxygens (including phenoxy) is 1. The maximum Gasteiger partial charge on any atom is 0.329 e. The molecule has 1 unspecified atom stereocenters. The first kappa shape index (κ1) is 23.7. The fourth-order valence-corrected chi connectivity index (χ4v) is 6.85. The number of carboxylic acid groups (broad SMARTS) is 1. The lowest BCUT2D eigenvalue weighted by atomic mass is 9.60. The minimum absolute atomic E-state index is 0.0799. The molecule has 1 saturated carbocycles. The molecule has 1 saturated heterocycles. The molecule has 5 rings (SSSR count). The summed E-state index contributed by atoms with van der Waals surface area (Å²) in [6.45, 7) is 4.88. The van der Waals surface area contributed by atoms with Gasteiger partial charge in [0.25, 0.3) is 0 Å². The highest BCUT2D eigenvalue weighted by Gasteiger charge is 2.53. The molecule has 2 aliphatic carbocycles. The van der Waals surface area contributed by atoms with Gasteiger partial charge in [0.05, 0.1) is 13.2 Å². The third-order valence-electron chi connectivity index (χ3n) is 8.55. The van der Waals surface area contributed by atoms with Gasteiger partial charge in [-0.1, -0.05) is 41.9 Å². The summed E-state index contributed by atoms with van der Waals surface area (Å²) >= 11 is 6.17. The quantitative estimate of drug-likeness (QED) is 0.555. The van der Waals surface area contributed by atoms with Crippen LogP contribution in [0, 0.1) is 5.92 Å². The number of benzene rings is 2. The van der Waals surface area contributed by atoms with Crippen LogP contribution >= 0.6 is 11.6 Å². The van der Waals surface area contributed by atoms with Gasteiger partial charge in [0.15, 0.2) is 0 Å². The van der Waals surface area contributed by atoms with Gasteiger partial charge in [0.1, 0.15) is 5.54 Å². The van der Waals surface area contributed by atoms with Crippen molar-refractivity contribution in [3.8, 4) is 0 Å². The summed E-state index contributed by atoms with van der Waals surface area (Å²) in [5, 5.41) is 14.3. The van der Waals surface area contributed by atoms with E-state index in [2.05, 4.69) is 34.5 Å². The Bertz CT molecular complexity index is 1010. The first-order valence-electron chi connectivity index (χ1n) is 12.7. The molecule has 5 nitrogen and oxygen atoms in total. The number of hydrogen-bond acceptors (Lipinski definition) is 4. The van der Waals surface area contributed by atoms with Gasteiger partial charge < -0.3 is 15.2 Å². The average Bonchev–Trinajstić information content (AvgIpc) is 3.14. The van der Waals surface area contributed by atoms with Gasteiger partial charge in [0, 0.05) is 23.8 Å². The lowest BCUT2D eigenvalue weighted by Gasteiger charge is -2.47. The Hall–Kier alpha value is -2.08. The second-order valence-corrected chi connectivity index (χ2v) is 10.8. The molecule has 182 valence electrons. The second-order valence-electron chi connectivity index (χ2n) is 10.3. The lowest BCUT2D eigenvalue weighted by Crippen LogP contribution is -2.53. The maximum atomic E-state index is 12.5. The molecular weight excluding hydrogens is 448 g/mol. The topological polar surface area (TPSA) is 61.8 Å². The van der Waals surface area contributed by atoms with Crippen molar-refractivity contribution in [1.29, 1.82) is 0 Å². The zero-order valence-electron chi connectivity index (χ0n) is 19.8. The Morgan fingerprint density at radius 1 is 1.09 bits per heavy atom. The van der Waals surface area contributed by atoms with Crippen LogP contribution in [0.2, 0.25) is 5.02 Å². The van der Waals surface area contributed by atoms with Gasteiger partial charge in [-0.3, -0.25) is 4.90 Å². The lowest BCUT2D eigenvalue weighted by molar-refractivity contribution is -0.144. The third kappa shape index (κ3) is 4.58. The Morgan fingerprint density at radius 2 is 1.85 bits per heavy atom. The van der Waals surface area contributed by atoms with E-state index in [4.69, 9.17) is 16.3 Å². The Balaban J connectivity index is 1.33. The normalized spacial score (nSPS) is 29.1. The highest BCUT2D eigenvalue weighted by atomic mass is 35.5. The van der Waals surface area contributed by atoms with Crippen molar-refractivity contribution in [1.82, 2.24) is 4.90 Å². The molecule has 2 fully saturated rings. The summed E-state index contributed by atoms with van der Waals surface area (Å²) in [7, 11) is 0. The van der Waals surface area contributed by atoms with Crippen molar-refractivity contribution in [2.75, 3.05) is 38.2 Å². The van der Waals surface area contributed by atoms with Crippen LogP contribution < -0.4 is 5.32 Å². The van der Waals surface area contributed by atoms with Gasteiger partial charge in [-0.2, -0.15) is 0 Å². The third-order valence-corrected chi connectivity index (χ3v) is 8.78. The van der Waals surface area contributed by atoms with Gasteiger partial charge in [-0.15, -0.1) is 0 Å². The van der Waals surface area contributed by atoms with Crippen LogP contribution in [0.1, 0.15) is 49.7 Å². The fraction of sp³-hybridized carbons (Fsp3) is 0.536. The molecule has 0 bridgehead atoms. The second kappa shape index (κ2) is 9.88. The summed E-state index contributed by atoms with van der Waals surface area (Å²) in [6.07, 6.45) is 6.50. The Kier molecular flexibility index (Phi) is 6.88. The molecule has 0 amide bonds. The van der Waals surface area contributed by atoms with Crippen LogP contribution in [0.5, 0.6) is 0 Å². The molecule has 34 heavy (non-hydrogen) atoms. The Morgan fingerprint density at radius 3 is 2.59 bits per heavy atom. The van der Waals surface area contributed by atoms with E-state index in [9.17, 15) is 9.90 Å². The summed E-state index contributed by atoms with van der Waals surface area (Å²) in [5.74, 6) is -0.193. The number of carbonyl (C=O) groups is 1. The zero-order chi connectivity index (χ0) is 23.6. The van der Waals surface area contributed by atoms with Gasteiger partial charge in [0.2, 0.25) is 0 Å². The molecule has 1 aliphatic heterocycles. The maximum absolute atomic E-state index is 12.5. The summed E-state index contributed by atoms with van der Waals surface area (Å²) in [5.41, 5.74) is 2.83. The minimum atomic E-state index is -0.953. The van der Waals surface area contributed by atoms with E-state index >= 15 is 0 Å².